The molecule has 4 aromatic rings. The Hall–Kier alpha value is -2.42. The minimum atomic E-state index is 0.641. The summed E-state index contributed by atoms with van der Waals surface area (Å²) in [5.74, 6) is 0. The molecule has 2 aromatic heterocycles. The monoisotopic (exact) mass is 331 g/mol. The maximum absolute atomic E-state index is 9.40. The highest BCUT2D eigenvalue weighted by atomic mass is 32.2. The highest BCUT2D eigenvalue weighted by Gasteiger charge is 2.26. The molecule has 0 saturated heterocycles. The van der Waals surface area contributed by atoms with Crippen LogP contribution in [0.3, 0.4) is 0 Å². The predicted molar refractivity (Wildman–Crippen MR) is 95.8 cm³/mol. The standard InChI is InChI=1S/C18H9N3S2/c1-22-18-17-16(12(8-19)23-18)20-14-10-6-2-4-9-5-3-7-11(13(9)10)15(14)21-17/h2-7H,1H3. The Kier molecular flexibility index (Phi) is 2.58. The summed E-state index contributed by atoms with van der Waals surface area (Å²) in [5, 5.41) is 11.8. The molecule has 23 heavy (non-hydrogen) atoms. The van der Waals surface area contributed by atoms with Crippen LogP contribution in [-0.4, -0.2) is 16.2 Å². The third-order valence-corrected chi connectivity index (χ3v) is 6.38. The predicted octanol–water partition coefficient (Wildman–Crippen LogP) is 5.09. The minimum Gasteiger partial charge on any atom is -0.242 e. The van der Waals surface area contributed by atoms with Gasteiger partial charge in [0.1, 0.15) is 22.0 Å². The van der Waals surface area contributed by atoms with Crippen molar-refractivity contribution in [3.63, 3.8) is 0 Å². The van der Waals surface area contributed by atoms with Gasteiger partial charge in [-0.25, -0.2) is 9.97 Å². The fourth-order valence-electron chi connectivity index (χ4n) is 3.25. The van der Waals surface area contributed by atoms with E-state index in [4.69, 9.17) is 9.97 Å². The summed E-state index contributed by atoms with van der Waals surface area (Å²) in [6.45, 7) is 0. The number of nitrogens with zero attached hydrogens (tertiary/aromatic N) is 3. The van der Waals surface area contributed by atoms with Crippen LogP contribution in [0, 0.1) is 11.3 Å². The van der Waals surface area contributed by atoms with Crippen LogP contribution in [0.15, 0.2) is 40.6 Å². The molecule has 5 heteroatoms. The number of benzene rings is 2. The van der Waals surface area contributed by atoms with Gasteiger partial charge in [-0.3, -0.25) is 0 Å². The van der Waals surface area contributed by atoms with Gasteiger partial charge in [0.15, 0.2) is 0 Å². The summed E-state index contributed by atoms with van der Waals surface area (Å²) < 4.78 is 1.05. The van der Waals surface area contributed by atoms with Crippen LogP contribution in [0.2, 0.25) is 0 Å². The van der Waals surface area contributed by atoms with Gasteiger partial charge in [0, 0.05) is 16.5 Å². The van der Waals surface area contributed by atoms with Gasteiger partial charge in [-0.2, -0.15) is 5.26 Å². The van der Waals surface area contributed by atoms with Crippen molar-refractivity contribution in [2.75, 3.05) is 6.26 Å². The third-order valence-electron chi connectivity index (χ3n) is 4.20. The number of rotatable bonds is 1. The van der Waals surface area contributed by atoms with E-state index in [9.17, 15) is 5.26 Å². The van der Waals surface area contributed by atoms with Crippen LogP contribution in [0.5, 0.6) is 0 Å². The lowest BCUT2D eigenvalue weighted by Gasteiger charge is -2.01. The first kappa shape index (κ1) is 13.1. The van der Waals surface area contributed by atoms with Gasteiger partial charge in [-0.1, -0.05) is 36.4 Å². The Morgan fingerprint density at radius 2 is 1.65 bits per heavy atom. The maximum Gasteiger partial charge on any atom is 0.133 e. The van der Waals surface area contributed by atoms with Gasteiger partial charge in [-0.05, 0) is 11.6 Å². The number of fused-ring (bicyclic) bond motifs is 4. The van der Waals surface area contributed by atoms with Gasteiger partial charge >= 0.3 is 0 Å². The smallest absolute Gasteiger partial charge is 0.133 e. The highest BCUT2D eigenvalue weighted by Crippen LogP contribution is 2.47. The Morgan fingerprint density at radius 3 is 2.26 bits per heavy atom. The van der Waals surface area contributed by atoms with Gasteiger partial charge < -0.3 is 0 Å². The van der Waals surface area contributed by atoms with Crippen molar-refractivity contribution in [2.24, 2.45) is 0 Å². The number of hydrogen-bond acceptors (Lipinski definition) is 5. The van der Waals surface area contributed by atoms with E-state index >= 15 is 0 Å². The van der Waals surface area contributed by atoms with E-state index in [1.807, 2.05) is 6.26 Å². The molecule has 2 heterocycles. The van der Waals surface area contributed by atoms with Crippen LogP contribution in [0.4, 0.5) is 0 Å². The summed E-state index contributed by atoms with van der Waals surface area (Å²) in [6.07, 6.45) is 2.01. The zero-order valence-corrected chi connectivity index (χ0v) is 13.8. The molecule has 3 nitrogen and oxygen atoms in total. The molecule has 0 aliphatic heterocycles. The molecule has 0 N–H and O–H groups in total. The van der Waals surface area contributed by atoms with Gasteiger partial charge in [0.05, 0.1) is 15.6 Å². The van der Waals surface area contributed by atoms with E-state index in [2.05, 4.69) is 42.5 Å². The molecule has 0 fully saturated rings. The Balaban J connectivity index is 1.97. The second kappa shape index (κ2) is 4.54. The fourth-order valence-corrected chi connectivity index (χ4v) is 4.88. The van der Waals surface area contributed by atoms with Crippen molar-refractivity contribution in [1.82, 2.24) is 9.97 Å². The molecule has 0 amide bonds. The second-order valence-electron chi connectivity index (χ2n) is 5.36. The van der Waals surface area contributed by atoms with Gasteiger partial charge in [0.2, 0.25) is 0 Å². The molecule has 0 spiro atoms. The maximum atomic E-state index is 9.40. The summed E-state index contributed by atoms with van der Waals surface area (Å²) in [5.41, 5.74) is 5.66. The third kappa shape index (κ3) is 1.60. The molecule has 1 aliphatic carbocycles. The van der Waals surface area contributed by atoms with Crippen LogP contribution in [-0.2, 0) is 0 Å². The SMILES string of the molecule is CSc1sc(C#N)c2nc3c(nc12)-c1cccc2cccc-3c12. The van der Waals surface area contributed by atoms with Gasteiger partial charge in [-0.15, -0.1) is 23.1 Å². The van der Waals surface area contributed by atoms with Crippen molar-refractivity contribution in [3.05, 3.63) is 41.3 Å². The van der Waals surface area contributed by atoms with Crippen LogP contribution < -0.4 is 0 Å². The molecule has 0 unspecified atom stereocenters. The average molecular weight is 331 g/mol. The molecule has 108 valence electrons. The first-order chi connectivity index (χ1) is 11.3. The Bertz CT molecular complexity index is 1160. The van der Waals surface area contributed by atoms with E-state index < -0.39 is 0 Å². The Morgan fingerprint density at radius 1 is 1.00 bits per heavy atom. The highest BCUT2D eigenvalue weighted by molar-refractivity contribution is 8.00. The zero-order chi connectivity index (χ0) is 15.6. The first-order valence-electron chi connectivity index (χ1n) is 7.13. The van der Waals surface area contributed by atoms with E-state index in [1.54, 1.807) is 11.8 Å². The van der Waals surface area contributed by atoms with Crippen LogP contribution in [0.25, 0.3) is 44.3 Å². The van der Waals surface area contributed by atoms with Crippen LogP contribution in [0.1, 0.15) is 4.88 Å². The molecular formula is C18H9N3S2. The van der Waals surface area contributed by atoms with E-state index in [0.717, 1.165) is 37.8 Å². The number of nitriles is 1. The van der Waals surface area contributed by atoms with E-state index in [1.165, 1.54) is 22.1 Å². The van der Waals surface area contributed by atoms with Crippen molar-refractivity contribution in [2.45, 2.75) is 4.21 Å². The fraction of sp³-hybridized carbons (Fsp3) is 0.0556. The number of aromatic nitrogens is 2. The molecule has 1 aliphatic rings. The average Bonchev–Trinajstić information content (AvgIpc) is 3.11. The number of hydrogen-bond donors (Lipinski definition) is 0. The number of thiophene rings is 1. The molecule has 2 aromatic carbocycles. The molecule has 0 saturated carbocycles. The molecular weight excluding hydrogens is 322 g/mol. The lowest BCUT2D eigenvalue weighted by molar-refractivity contribution is 1.31. The summed E-state index contributed by atoms with van der Waals surface area (Å²) in [4.78, 5) is 10.4. The molecule has 0 atom stereocenters. The zero-order valence-electron chi connectivity index (χ0n) is 12.1. The van der Waals surface area contributed by atoms with Crippen molar-refractivity contribution >= 4 is 44.9 Å². The summed E-state index contributed by atoms with van der Waals surface area (Å²) in [7, 11) is 0. The molecule has 0 radical (unpaired) electrons. The lowest BCUT2D eigenvalue weighted by Crippen LogP contribution is -1.89. The largest absolute Gasteiger partial charge is 0.242 e. The summed E-state index contributed by atoms with van der Waals surface area (Å²) in [6, 6.07) is 14.8. The van der Waals surface area contributed by atoms with Crippen molar-refractivity contribution < 1.29 is 0 Å². The lowest BCUT2D eigenvalue weighted by atomic mass is 10.0. The molecule has 5 rings (SSSR count). The summed E-state index contributed by atoms with van der Waals surface area (Å²) >= 11 is 3.10. The topological polar surface area (TPSA) is 49.6 Å². The van der Waals surface area contributed by atoms with Crippen molar-refractivity contribution in [1.29, 1.82) is 5.26 Å². The van der Waals surface area contributed by atoms with Gasteiger partial charge in [0.25, 0.3) is 0 Å². The second-order valence-corrected chi connectivity index (χ2v) is 7.46. The van der Waals surface area contributed by atoms with E-state index in [0.29, 0.717) is 4.88 Å². The normalized spacial score (nSPS) is 11.8. The number of thioether (sulfide) groups is 1. The first-order valence-corrected chi connectivity index (χ1v) is 9.17. The molecule has 0 bridgehead atoms. The van der Waals surface area contributed by atoms with Crippen molar-refractivity contribution in [3.8, 4) is 28.6 Å². The minimum absolute atomic E-state index is 0.641. The Labute approximate surface area is 140 Å². The van der Waals surface area contributed by atoms with E-state index in [-0.39, 0.29) is 0 Å². The quantitative estimate of drug-likeness (QED) is 0.402. The van der Waals surface area contributed by atoms with Crippen LogP contribution >= 0.6 is 23.1 Å².